The molecule has 1 aliphatic rings. The van der Waals surface area contributed by atoms with Gasteiger partial charge in [0.25, 0.3) is 0 Å². The molecule has 0 saturated heterocycles. The van der Waals surface area contributed by atoms with Crippen LogP contribution < -0.4 is 10.2 Å². The molecular formula is C21H23FN2O2. The van der Waals surface area contributed by atoms with Gasteiger partial charge >= 0.3 is 0 Å². The summed E-state index contributed by atoms with van der Waals surface area (Å²) in [5.41, 5.74) is 1.71. The maximum Gasteiger partial charge on any atom is 0.242 e. The number of anilines is 1. The zero-order chi connectivity index (χ0) is 18.7. The molecule has 3 rings (SSSR count). The van der Waals surface area contributed by atoms with Crippen molar-refractivity contribution in [3.05, 3.63) is 65.5 Å². The fourth-order valence-corrected chi connectivity index (χ4v) is 3.11. The molecule has 1 saturated carbocycles. The minimum absolute atomic E-state index is 0.151. The number of carbonyl (C=O) groups is 2. The van der Waals surface area contributed by atoms with Crippen LogP contribution in [0.2, 0.25) is 0 Å². The molecule has 0 unspecified atom stereocenters. The number of nitrogens with zero attached hydrogens (tertiary/aromatic N) is 1. The topological polar surface area (TPSA) is 49.4 Å². The maximum atomic E-state index is 13.1. The second-order valence-electron chi connectivity index (χ2n) is 6.78. The molecule has 0 aliphatic heterocycles. The van der Waals surface area contributed by atoms with Gasteiger partial charge in [-0.05, 0) is 62.1 Å². The van der Waals surface area contributed by atoms with E-state index in [4.69, 9.17) is 0 Å². The number of aryl methyl sites for hydroxylation is 1. The van der Waals surface area contributed by atoms with E-state index in [9.17, 15) is 14.0 Å². The maximum absolute atomic E-state index is 13.1. The first kappa shape index (κ1) is 18.1. The summed E-state index contributed by atoms with van der Waals surface area (Å²) in [5.74, 6) is -0.717. The molecule has 2 aromatic carbocycles. The van der Waals surface area contributed by atoms with E-state index in [-0.39, 0.29) is 24.2 Å². The van der Waals surface area contributed by atoms with E-state index in [1.165, 1.54) is 12.1 Å². The summed E-state index contributed by atoms with van der Waals surface area (Å²) in [6.45, 7) is 4.68. The number of amides is 2. The van der Waals surface area contributed by atoms with Crippen molar-refractivity contribution in [2.75, 3.05) is 11.4 Å². The smallest absolute Gasteiger partial charge is 0.242 e. The number of hydrogen-bond donors (Lipinski definition) is 1. The van der Waals surface area contributed by atoms with Gasteiger partial charge in [-0.1, -0.05) is 24.3 Å². The molecule has 4 nitrogen and oxygen atoms in total. The van der Waals surface area contributed by atoms with Gasteiger partial charge in [-0.2, -0.15) is 0 Å². The average molecular weight is 354 g/mol. The molecule has 0 aromatic heterocycles. The third kappa shape index (κ3) is 3.62. The predicted octanol–water partition coefficient (Wildman–Crippen LogP) is 3.58. The van der Waals surface area contributed by atoms with Gasteiger partial charge in [0.1, 0.15) is 11.2 Å². The van der Waals surface area contributed by atoms with Crippen molar-refractivity contribution in [3.63, 3.8) is 0 Å². The molecule has 0 radical (unpaired) electrons. The summed E-state index contributed by atoms with van der Waals surface area (Å²) in [5, 5.41) is 2.84. The Balaban J connectivity index is 1.71. The van der Waals surface area contributed by atoms with Gasteiger partial charge in [0.15, 0.2) is 0 Å². The van der Waals surface area contributed by atoms with E-state index in [2.05, 4.69) is 5.32 Å². The summed E-state index contributed by atoms with van der Waals surface area (Å²) >= 11 is 0. The van der Waals surface area contributed by atoms with Gasteiger partial charge in [-0.3, -0.25) is 9.59 Å². The Hall–Kier alpha value is -2.69. The van der Waals surface area contributed by atoms with E-state index in [1.54, 1.807) is 17.0 Å². The Bertz CT molecular complexity index is 813. The van der Waals surface area contributed by atoms with Gasteiger partial charge in [0.2, 0.25) is 11.8 Å². The first-order valence-electron chi connectivity index (χ1n) is 8.87. The van der Waals surface area contributed by atoms with Crippen molar-refractivity contribution in [1.29, 1.82) is 0 Å². The van der Waals surface area contributed by atoms with Gasteiger partial charge in [-0.15, -0.1) is 0 Å². The monoisotopic (exact) mass is 354 g/mol. The largest absolute Gasteiger partial charge is 0.351 e. The van der Waals surface area contributed by atoms with Crippen LogP contribution in [0.5, 0.6) is 0 Å². The predicted molar refractivity (Wildman–Crippen MR) is 99.1 cm³/mol. The second-order valence-corrected chi connectivity index (χ2v) is 6.78. The Morgan fingerprint density at radius 1 is 1.15 bits per heavy atom. The molecule has 0 atom stereocenters. The molecule has 0 bridgehead atoms. The fraction of sp³-hybridized carbons (Fsp3) is 0.333. The number of halogens is 1. The SMILES string of the molecule is CCN(C(=O)C1(C(=O)NCc2ccc(F)cc2)CC1)c1cccc(C)c1. The lowest BCUT2D eigenvalue weighted by Gasteiger charge is -2.26. The number of benzene rings is 2. The highest BCUT2D eigenvalue weighted by Crippen LogP contribution is 2.48. The van der Waals surface area contributed by atoms with Crippen molar-refractivity contribution >= 4 is 17.5 Å². The molecular weight excluding hydrogens is 331 g/mol. The number of carbonyl (C=O) groups excluding carboxylic acids is 2. The van der Waals surface area contributed by atoms with E-state index in [0.29, 0.717) is 19.4 Å². The summed E-state index contributed by atoms with van der Waals surface area (Å²) < 4.78 is 13.0. The first-order chi connectivity index (χ1) is 12.5. The Labute approximate surface area is 153 Å². The summed E-state index contributed by atoms with van der Waals surface area (Å²) in [7, 11) is 0. The van der Waals surface area contributed by atoms with E-state index >= 15 is 0 Å². The molecule has 0 heterocycles. The van der Waals surface area contributed by atoms with Gasteiger partial charge in [0.05, 0.1) is 0 Å². The van der Waals surface area contributed by atoms with Crippen LogP contribution in [0.1, 0.15) is 30.9 Å². The number of rotatable bonds is 6. The molecule has 136 valence electrons. The molecule has 2 amide bonds. The normalized spacial score (nSPS) is 14.6. The van der Waals surface area contributed by atoms with Crippen molar-refractivity contribution in [3.8, 4) is 0 Å². The minimum Gasteiger partial charge on any atom is -0.351 e. The third-order valence-corrected chi connectivity index (χ3v) is 4.84. The summed E-state index contributed by atoms with van der Waals surface area (Å²) in [4.78, 5) is 27.5. The lowest BCUT2D eigenvalue weighted by molar-refractivity contribution is -0.135. The molecule has 2 aromatic rings. The molecule has 26 heavy (non-hydrogen) atoms. The number of nitrogens with one attached hydrogen (secondary N) is 1. The highest BCUT2D eigenvalue weighted by Gasteiger charge is 2.57. The lowest BCUT2D eigenvalue weighted by Crippen LogP contribution is -2.45. The van der Waals surface area contributed by atoms with Crippen LogP contribution in [0.25, 0.3) is 0 Å². The standard InChI is InChI=1S/C21H23FN2O2/c1-3-24(18-6-4-5-15(2)13-18)20(26)21(11-12-21)19(25)23-14-16-7-9-17(22)10-8-16/h4-10,13H,3,11-12,14H2,1-2H3,(H,23,25). The Kier molecular flexibility index (Phi) is 5.07. The van der Waals surface area contributed by atoms with Crippen LogP contribution in [0.15, 0.2) is 48.5 Å². The summed E-state index contributed by atoms with van der Waals surface area (Å²) in [6.07, 6.45) is 1.12. The van der Waals surface area contributed by atoms with E-state index in [1.807, 2.05) is 38.1 Å². The van der Waals surface area contributed by atoms with E-state index in [0.717, 1.165) is 16.8 Å². The zero-order valence-electron chi connectivity index (χ0n) is 15.1. The zero-order valence-corrected chi connectivity index (χ0v) is 15.1. The second kappa shape index (κ2) is 7.28. The van der Waals surface area contributed by atoms with Crippen LogP contribution in [0.3, 0.4) is 0 Å². The molecule has 0 spiro atoms. The quantitative estimate of drug-likeness (QED) is 0.806. The minimum atomic E-state index is -0.972. The first-order valence-corrected chi connectivity index (χ1v) is 8.87. The highest BCUT2D eigenvalue weighted by atomic mass is 19.1. The van der Waals surface area contributed by atoms with Crippen LogP contribution in [0, 0.1) is 18.2 Å². The van der Waals surface area contributed by atoms with E-state index < -0.39 is 5.41 Å². The van der Waals surface area contributed by atoms with Gasteiger partial charge in [-0.25, -0.2) is 4.39 Å². The van der Waals surface area contributed by atoms with Crippen LogP contribution >= 0.6 is 0 Å². The lowest BCUT2D eigenvalue weighted by atomic mass is 10.0. The van der Waals surface area contributed by atoms with Crippen LogP contribution in [-0.2, 0) is 16.1 Å². The van der Waals surface area contributed by atoms with Crippen molar-refractivity contribution in [1.82, 2.24) is 5.32 Å². The van der Waals surface area contributed by atoms with Gasteiger partial charge in [0, 0.05) is 18.8 Å². The van der Waals surface area contributed by atoms with Crippen molar-refractivity contribution < 1.29 is 14.0 Å². The number of hydrogen-bond acceptors (Lipinski definition) is 2. The van der Waals surface area contributed by atoms with Crippen molar-refractivity contribution in [2.24, 2.45) is 5.41 Å². The van der Waals surface area contributed by atoms with Crippen LogP contribution in [0.4, 0.5) is 10.1 Å². The fourth-order valence-electron chi connectivity index (χ4n) is 3.11. The summed E-state index contributed by atoms with van der Waals surface area (Å²) in [6, 6.07) is 13.7. The third-order valence-electron chi connectivity index (χ3n) is 4.84. The Morgan fingerprint density at radius 3 is 2.42 bits per heavy atom. The van der Waals surface area contributed by atoms with Crippen molar-refractivity contribution in [2.45, 2.75) is 33.2 Å². The average Bonchev–Trinajstić information content (AvgIpc) is 3.43. The molecule has 1 aliphatic carbocycles. The van der Waals surface area contributed by atoms with Gasteiger partial charge < -0.3 is 10.2 Å². The Morgan fingerprint density at radius 2 is 1.85 bits per heavy atom. The van der Waals surface area contributed by atoms with Crippen LogP contribution in [-0.4, -0.2) is 18.4 Å². The highest BCUT2D eigenvalue weighted by molar-refractivity contribution is 6.14. The molecule has 1 fully saturated rings. The molecule has 1 N–H and O–H groups in total. The molecule has 5 heteroatoms.